The Morgan fingerprint density at radius 2 is 1.78 bits per heavy atom. The Hall–Kier alpha value is -1.26. The van der Waals surface area contributed by atoms with E-state index in [2.05, 4.69) is 13.1 Å². The largest absolute Gasteiger partial charge is 0.497 e. The third-order valence-corrected chi connectivity index (χ3v) is 3.75. The lowest BCUT2D eigenvalue weighted by molar-refractivity contribution is -1.01. The second-order valence-electron chi connectivity index (χ2n) is 5.06. The van der Waals surface area contributed by atoms with Crippen LogP contribution in [0.1, 0.15) is 5.56 Å². The summed E-state index contributed by atoms with van der Waals surface area (Å²) in [4.78, 5) is 3.28. The minimum atomic E-state index is 0.855. The Bertz CT molecular complexity index is 387. The van der Waals surface area contributed by atoms with Crippen molar-refractivity contribution in [3.8, 4) is 11.5 Å². The van der Waals surface area contributed by atoms with Crippen LogP contribution in [-0.2, 0) is 6.54 Å². The number of hydrogen-bond acceptors (Lipinski definition) is 2. The Kier molecular flexibility index (Phi) is 4.44. The van der Waals surface area contributed by atoms with E-state index in [0.29, 0.717) is 0 Å². The molecule has 0 unspecified atom stereocenters. The smallest absolute Gasteiger partial charge is 0.131 e. The zero-order valence-corrected chi connectivity index (χ0v) is 11.6. The maximum absolute atomic E-state index is 5.45. The van der Waals surface area contributed by atoms with Crippen molar-refractivity contribution in [1.29, 1.82) is 0 Å². The number of rotatable bonds is 4. The van der Waals surface area contributed by atoms with Crippen LogP contribution in [0, 0.1) is 0 Å². The van der Waals surface area contributed by atoms with Gasteiger partial charge in [0, 0.05) is 11.6 Å². The van der Waals surface area contributed by atoms with Crippen LogP contribution in [0.15, 0.2) is 18.2 Å². The zero-order valence-electron chi connectivity index (χ0n) is 11.6. The van der Waals surface area contributed by atoms with Gasteiger partial charge in [-0.3, -0.25) is 0 Å². The Morgan fingerprint density at radius 3 is 2.39 bits per heavy atom. The molecule has 1 saturated heterocycles. The van der Waals surface area contributed by atoms with Crippen LogP contribution in [0.2, 0.25) is 0 Å². The second-order valence-corrected chi connectivity index (χ2v) is 5.06. The van der Waals surface area contributed by atoms with Crippen LogP contribution in [0.5, 0.6) is 11.5 Å². The lowest BCUT2D eigenvalue weighted by atomic mass is 10.1. The van der Waals surface area contributed by atoms with Gasteiger partial charge in [0.05, 0.1) is 21.3 Å². The molecule has 0 amide bonds. The van der Waals surface area contributed by atoms with Gasteiger partial charge in [0.15, 0.2) is 0 Å². The molecule has 100 valence electrons. The Labute approximate surface area is 109 Å². The van der Waals surface area contributed by atoms with Crippen LogP contribution in [0.25, 0.3) is 0 Å². The minimum Gasteiger partial charge on any atom is -0.497 e. The average Bonchev–Trinajstić information content (AvgIpc) is 2.41. The molecule has 0 spiro atoms. The molecule has 0 radical (unpaired) electrons. The number of benzene rings is 1. The lowest BCUT2D eigenvalue weighted by Crippen LogP contribution is -3.26. The molecule has 1 aliphatic heterocycles. The summed E-state index contributed by atoms with van der Waals surface area (Å²) >= 11 is 0. The summed E-state index contributed by atoms with van der Waals surface area (Å²) in [7, 11) is 5.68. The van der Waals surface area contributed by atoms with Gasteiger partial charge in [0.1, 0.15) is 44.2 Å². The van der Waals surface area contributed by atoms with E-state index < -0.39 is 0 Å². The molecule has 0 atom stereocenters. The van der Waals surface area contributed by atoms with Crippen LogP contribution in [0.4, 0.5) is 0 Å². The summed E-state index contributed by atoms with van der Waals surface area (Å²) in [6.45, 7) is 6.03. The highest BCUT2D eigenvalue weighted by Gasteiger charge is 2.21. The van der Waals surface area contributed by atoms with Crippen molar-refractivity contribution in [3.63, 3.8) is 0 Å². The number of ether oxygens (including phenoxy) is 2. The fourth-order valence-corrected chi connectivity index (χ4v) is 2.47. The summed E-state index contributed by atoms with van der Waals surface area (Å²) in [5, 5.41) is 0. The van der Waals surface area contributed by atoms with Crippen molar-refractivity contribution < 1.29 is 19.3 Å². The van der Waals surface area contributed by atoms with E-state index in [1.165, 1.54) is 31.7 Å². The fraction of sp³-hybridized carbons (Fsp3) is 0.571. The van der Waals surface area contributed by atoms with E-state index in [1.807, 2.05) is 12.1 Å². The molecule has 4 nitrogen and oxygen atoms in total. The minimum absolute atomic E-state index is 0.855. The third-order valence-electron chi connectivity index (χ3n) is 3.75. The molecule has 0 aromatic heterocycles. The van der Waals surface area contributed by atoms with Gasteiger partial charge < -0.3 is 19.3 Å². The van der Waals surface area contributed by atoms with Gasteiger partial charge >= 0.3 is 0 Å². The highest BCUT2D eigenvalue weighted by Crippen LogP contribution is 2.23. The number of methoxy groups -OCH3 is 2. The second kappa shape index (κ2) is 6.07. The van der Waals surface area contributed by atoms with E-state index >= 15 is 0 Å². The monoisotopic (exact) mass is 252 g/mol. The van der Waals surface area contributed by atoms with Crippen LogP contribution in [-0.4, -0.2) is 47.4 Å². The molecule has 0 saturated carbocycles. The van der Waals surface area contributed by atoms with Crippen molar-refractivity contribution in [2.24, 2.45) is 0 Å². The van der Waals surface area contributed by atoms with Crippen LogP contribution < -0.4 is 19.3 Å². The maximum atomic E-state index is 5.45. The average molecular weight is 252 g/mol. The summed E-state index contributed by atoms with van der Waals surface area (Å²) < 4.78 is 10.7. The molecule has 1 aromatic carbocycles. The molecule has 0 aliphatic carbocycles. The molecule has 2 rings (SSSR count). The van der Waals surface area contributed by atoms with Gasteiger partial charge in [-0.15, -0.1) is 0 Å². The van der Waals surface area contributed by atoms with Gasteiger partial charge in [-0.25, -0.2) is 0 Å². The molecular formula is C14H24N2O2+2. The van der Waals surface area contributed by atoms with Gasteiger partial charge in [-0.1, -0.05) is 0 Å². The molecule has 18 heavy (non-hydrogen) atoms. The van der Waals surface area contributed by atoms with Crippen molar-refractivity contribution >= 4 is 0 Å². The van der Waals surface area contributed by atoms with Gasteiger partial charge in [-0.2, -0.15) is 0 Å². The van der Waals surface area contributed by atoms with Gasteiger partial charge in [-0.05, 0) is 12.1 Å². The van der Waals surface area contributed by atoms with Gasteiger partial charge in [0.2, 0.25) is 0 Å². The number of nitrogens with one attached hydrogen (secondary N) is 2. The molecule has 4 heteroatoms. The molecule has 1 heterocycles. The summed E-state index contributed by atoms with van der Waals surface area (Å²) in [5.74, 6) is 1.79. The van der Waals surface area contributed by atoms with Crippen molar-refractivity contribution in [3.05, 3.63) is 23.8 Å². The predicted molar refractivity (Wildman–Crippen MR) is 70.6 cm³/mol. The van der Waals surface area contributed by atoms with E-state index in [9.17, 15) is 0 Å². The molecule has 1 fully saturated rings. The van der Waals surface area contributed by atoms with E-state index in [1.54, 1.807) is 24.0 Å². The van der Waals surface area contributed by atoms with Gasteiger partial charge in [0.25, 0.3) is 0 Å². The van der Waals surface area contributed by atoms with E-state index in [-0.39, 0.29) is 0 Å². The standard InChI is InChI=1S/C14H22N2O2/c1-15-6-8-16(9-7-15)11-12-4-5-13(17-2)10-14(12)18-3/h4-5,10H,6-9,11H2,1-3H3/p+2. The molecule has 2 N–H and O–H groups in total. The third kappa shape index (κ3) is 3.15. The quantitative estimate of drug-likeness (QED) is 0.691. The highest BCUT2D eigenvalue weighted by atomic mass is 16.5. The molecule has 1 aliphatic rings. The molecular weight excluding hydrogens is 228 g/mol. The SMILES string of the molecule is COc1ccc(C[NH+]2CC[NH+](C)CC2)c(OC)c1. The first-order valence-electron chi connectivity index (χ1n) is 6.58. The van der Waals surface area contributed by atoms with Crippen molar-refractivity contribution in [1.82, 2.24) is 0 Å². The van der Waals surface area contributed by atoms with Crippen LogP contribution >= 0.6 is 0 Å². The fourth-order valence-electron chi connectivity index (χ4n) is 2.47. The molecule has 0 bridgehead atoms. The topological polar surface area (TPSA) is 27.3 Å². The summed E-state index contributed by atoms with van der Waals surface area (Å²) in [5.41, 5.74) is 1.27. The number of hydrogen-bond donors (Lipinski definition) is 2. The summed E-state index contributed by atoms with van der Waals surface area (Å²) in [6.07, 6.45) is 0. The van der Waals surface area contributed by atoms with E-state index in [0.717, 1.165) is 18.0 Å². The number of piperazine rings is 1. The van der Waals surface area contributed by atoms with Crippen molar-refractivity contribution in [2.45, 2.75) is 6.54 Å². The first kappa shape index (κ1) is 13.2. The zero-order chi connectivity index (χ0) is 13.0. The van der Waals surface area contributed by atoms with E-state index in [4.69, 9.17) is 9.47 Å². The molecule has 1 aromatic rings. The predicted octanol–water partition coefficient (Wildman–Crippen LogP) is -1.38. The lowest BCUT2D eigenvalue weighted by Gasteiger charge is -2.27. The first-order chi connectivity index (χ1) is 8.72. The maximum Gasteiger partial charge on any atom is 0.131 e. The Morgan fingerprint density at radius 1 is 1.06 bits per heavy atom. The Balaban J connectivity index is 2.04. The van der Waals surface area contributed by atoms with Crippen molar-refractivity contribution in [2.75, 3.05) is 47.4 Å². The first-order valence-corrected chi connectivity index (χ1v) is 6.58. The number of likely N-dealkylation sites (N-methyl/N-ethyl adjacent to an activating group) is 1. The van der Waals surface area contributed by atoms with Crippen LogP contribution in [0.3, 0.4) is 0 Å². The number of quaternary nitrogens is 2. The highest BCUT2D eigenvalue weighted by molar-refractivity contribution is 5.40. The summed E-state index contributed by atoms with van der Waals surface area (Å²) in [6, 6.07) is 6.10. The normalized spacial score (nSPS) is 23.7.